The van der Waals surface area contributed by atoms with Crippen LogP contribution < -0.4 is 15.4 Å². The third-order valence-electron chi connectivity index (χ3n) is 2.92. The van der Waals surface area contributed by atoms with Gasteiger partial charge in [-0.25, -0.2) is 4.79 Å². The highest BCUT2D eigenvalue weighted by Gasteiger charge is 2.14. The Morgan fingerprint density at radius 3 is 2.68 bits per heavy atom. The van der Waals surface area contributed by atoms with Crippen molar-refractivity contribution in [1.29, 1.82) is 0 Å². The van der Waals surface area contributed by atoms with Crippen molar-refractivity contribution in [2.75, 3.05) is 19.0 Å². The van der Waals surface area contributed by atoms with Gasteiger partial charge >= 0.3 is 6.03 Å². The number of carbonyl (C=O) groups excluding carboxylic acids is 1. The van der Waals surface area contributed by atoms with Gasteiger partial charge in [-0.05, 0) is 47.0 Å². The number of aliphatic hydroxyl groups is 1. The molecule has 0 aliphatic rings. The van der Waals surface area contributed by atoms with Crippen molar-refractivity contribution in [2.24, 2.45) is 5.92 Å². The number of amides is 2. The van der Waals surface area contributed by atoms with Crippen LogP contribution in [-0.4, -0.2) is 30.9 Å². The number of urea groups is 1. The number of nitrogens with one attached hydrogen (secondary N) is 2. The van der Waals surface area contributed by atoms with E-state index in [4.69, 9.17) is 9.84 Å². The lowest BCUT2D eigenvalue weighted by Crippen LogP contribution is -2.40. The van der Waals surface area contributed by atoms with Crippen LogP contribution in [0.25, 0.3) is 0 Å². The summed E-state index contributed by atoms with van der Waals surface area (Å²) in [6, 6.07) is 4.87. The third kappa shape index (κ3) is 4.72. The molecule has 2 atom stereocenters. The predicted octanol–water partition coefficient (Wildman–Crippen LogP) is 2.60. The van der Waals surface area contributed by atoms with Gasteiger partial charge in [0.25, 0.3) is 0 Å². The van der Waals surface area contributed by atoms with Crippen molar-refractivity contribution in [1.82, 2.24) is 5.32 Å². The summed E-state index contributed by atoms with van der Waals surface area (Å²) in [7, 11) is 1.58. The molecule has 0 bridgehead atoms. The Morgan fingerprint density at radius 1 is 1.47 bits per heavy atom. The average Bonchev–Trinajstić information content (AvgIpc) is 2.39. The molecular weight excluding hydrogens is 312 g/mol. The maximum absolute atomic E-state index is 11.8. The first-order valence-corrected chi connectivity index (χ1v) is 6.79. The number of ether oxygens (including phenoxy) is 1. The summed E-state index contributed by atoms with van der Waals surface area (Å²) in [4.78, 5) is 11.8. The zero-order valence-electron chi connectivity index (χ0n) is 11.2. The topological polar surface area (TPSA) is 70.6 Å². The molecule has 0 saturated carbocycles. The summed E-state index contributed by atoms with van der Waals surface area (Å²) in [6.45, 7) is 3.76. The highest BCUT2D eigenvalue weighted by Crippen LogP contribution is 2.26. The number of anilines is 1. The molecular formula is C13H19BrN2O3. The van der Waals surface area contributed by atoms with Crippen molar-refractivity contribution in [2.45, 2.75) is 19.9 Å². The summed E-state index contributed by atoms with van der Waals surface area (Å²) < 4.78 is 5.82. The number of carbonyl (C=O) groups is 1. The number of benzene rings is 1. The van der Waals surface area contributed by atoms with Crippen LogP contribution in [-0.2, 0) is 0 Å². The Morgan fingerprint density at radius 2 is 2.16 bits per heavy atom. The smallest absolute Gasteiger partial charge is 0.319 e. The Balaban J connectivity index is 2.62. The van der Waals surface area contributed by atoms with Gasteiger partial charge in [-0.1, -0.05) is 6.92 Å². The Bertz CT molecular complexity index is 440. The van der Waals surface area contributed by atoms with Gasteiger partial charge in [-0.3, -0.25) is 0 Å². The first-order valence-electron chi connectivity index (χ1n) is 5.99. The van der Waals surface area contributed by atoms with Gasteiger partial charge in [-0.2, -0.15) is 0 Å². The second-order valence-electron chi connectivity index (χ2n) is 4.39. The molecule has 0 radical (unpaired) electrons. The molecule has 5 nitrogen and oxygen atoms in total. The van der Waals surface area contributed by atoms with Crippen LogP contribution in [0.4, 0.5) is 10.5 Å². The summed E-state index contributed by atoms with van der Waals surface area (Å²) in [5.74, 6) is 0.713. The van der Waals surface area contributed by atoms with Gasteiger partial charge in [0, 0.05) is 17.1 Å². The van der Waals surface area contributed by atoms with E-state index in [1.807, 2.05) is 13.8 Å². The molecule has 0 aliphatic heterocycles. The van der Waals surface area contributed by atoms with Gasteiger partial charge < -0.3 is 20.5 Å². The molecule has 1 rings (SSSR count). The molecule has 0 unspecified atom stereocenters. The van der Waals surface area contributed by atoms with Crippen molar-refractivity contribution < 1.29 is 14.6 Å². The van der Waals surface area contributed by atoms with Crippen LogP contribution in [0, 0.1) is 5.92 Å². The summed E-state index contributed by atoms with van der Waals surface area (Å²) in [6.07, 6.45) is 0. The van der Waals surface area contributed by atoms with Crippen molar-refractivity contribution >= 4 is 27.6 Å². The first kappa shape index (κ1) is 15.8. The lowest BCUT2D eigenvalue weighted by molar-refractivity contribution is 0.204. The van der Waals surface area contributed by atoms with Crippen LogP contribution in [0.2, 0.25) is 0 Å². The van der Waals surface area contributed by atoms with Gasteiger partial charge in [0.05, 0.1) is 12.8 Å². The Hall–Kier alpha value is -1.27. The molecule has 0 saturated heterocycles. The molecule has 6 heteroatoms. The minimum atomic E-state index is -0.307. The van der Waals surface area contributed by atoms with Gasteiger partial charge in [0.15, 0.2) is 0 Å². The maximum atomic E-state index is 11.8. The van der Waals surface area contributed by atoms with E-state index in [0.717, 1.165) is 4.47 Å². The van der Waals surface area contributed by atoms with E-state index in [0.29, 0.717) is 11.4 Å². The van der Waals surface area contributed by atoms with E-state index in [2.05, 4.69) is 26.6 Å². The molecule has 1 aromatic rings. The number of halogens is 1. The molecule has 0 heterocycles. The molecule has 0 aliphatic carbocycles. The quantitative estimate of drug-likeness (QED) is 0.777. The number of rotatable bonds is 5. The fraction of sp³-hybridized carbons (Fsp3) is 0.462. The van der Waals surface area contributed by atoms with Crippen LogP contribution in [0.15, 0.2) is 22.7 Å². The van der Waals surface area contributed by atoms with Crippen LogP contribution in [0.1, 0.15) is 13.8 Å². The highest BCUT2D eigenvalue weighted by atomic mass is 79.9. The molecule has 3 N–H and O–H groups in total. The fourth-order valence-corrected chi connectivity index (χ4v) is 1.85. The lowest BCUT2D eigenvalue weighted by atomic mass is 10.1. The standard InChI is InChI=1S/C13H19BrN2O3/c1-8(7-17)9(2)15-13(18)16-12-5-4-10(19-3)6-11(12)14/h4-6,8-9,17H,7H2,1-3H3,(H2,15,16,18)/t8-,9+/m1/s1. The van der Waals surface area contributed by atoms with Crippen LogP contribution in [0.5, 0.6) is 5.75 Å². The minimum absolute atomic E-state index is 0.00468. The van der Waals surface area contributed by atoms with E-state index < -0.39 is 0 Å². The van der Waals surface area contributed by atoms with Gasteiger partial charge in [-0.15, -0.1) is 0 Å². The van der Waals surface area contributed by atoms with E-state index in [1.165, 1.54) is 0 Å². The number of methoxy groups -OCH3 is 1. The molecule has 1 aromatic carbocycles. The van der Waals surface area contributed by atoms with Gasteiger partial charge in [0.2, 0.25) is 0 Å². The van der Waals surface area contributed by atoms with Gasteiger partial charge in [0.1, 0.15) is 5.75 Å². The second-order valence-corrected chi connectivity index (χ2v) is 5.25. The third-order valence-corrected chi connectivity index (χ3v) is 3.58. The number of hydrogen-bond acceptors (Lipinski definition) is 3. The highest BCUT2D eigenvalue weighted by molar-refractivity contribution is 9.10. The molecule has 0 spiro atoms. The van der Waals surface area contributed by atoms with E-state index in [1.54, 1.807) is 25.3 Å². The van der Waals surface area contributed by atoms with E-state index in [9.17, 15) is 4.79 Å². The first-order chi connectivity index (χ1) is 8.97. The van der Waals surface area contributed by atoms with E-state index >= 15 is 0 Å². The second kappa shape index (κ2) is 7.35. The van der Waals surface area contributed by atoms with Crippen LogP contribution >= 0.6 is 15.9 Å². The summed E-state index contributed by atoms with van der Waals surface area (Å²) >= 11 is 3.36. The molecule has 0 aromatic heterocycles. The number of hydrogen-bond donors (Lipinski definition) is 3. The largest absolute Gasteiger partial charge is 0.497 e. The zero-order chi connectivity index (χ0) is 14.4. The SMILES string of the molecule is COc1ccc(NC(=O)N[C@@H](C)[C@H](C)CO)c(Br)c1. The molecule has 2 amide bonds. The Kier molecular flexibility index (Phi) is 6.11. The summed E-state index contributed by atoms with van der Waals surface area (Å²) in [5.41, 5.74) is 0.655. The summed E-state index contributed by atoms with van der Waals surface area (Å²) in [5, 5.41) is 14.5. The van der Waals surface area contributed by atoms with Crippen molar-refractivity contribution in [3.63, 3.8) is 0 Å². The Labute approximate surface area is 121 Å². The lowest BCUT2D eigenvalue weighted by Gasteiger charge is -2.19. The molecule has 106 valence electrons. The average molecular weight is 331 g/mol. The fourth-order valence-electron chi connectivity index (χ4n) is 1.39. The normalized spacial score (nSPS) is 13.5. The minimum Gasteiger partial charge on any atom is -0.497 e. The van der Waals surface area contributed by atoms with E-state index in [-0.39, 0.29) is 24.6 Å². The van der Waals surface area contributed by atoms with Crippen LogP contribution in [0.3, 0.4) is 0 Å². The van der Waals surface area contributed by atoms with Crippen molar-refractivity contribution in [3.8, 4) is 5.75 Å². The van der Waals surface area contributed by atoms with Crippen molar-refractivity contribution in [3.05, 3.63) is 22.7 Å². The monoisotopic (exact) mass is 330 g/mol. The predicted molar refractivity (Wildman–Crippen MR) is 78.6 cm³/mol. The molecule has 0 fully saturated rings. The zero-order valence-corrected chi connectivity index (χ0v) is 12.8. The molecule has 19 heavy (non-hydrogen) atoms. The number of aliphatic hydroxyl groups excluding tert-OH is 1. The maximum Gasteiger partial charge on any atom is 0.319 e.